The van der Waals surface area contributed by atoms with Crippen LogP contribution in [-0.4, -0.2) is 19.0 Å². The van der Waals surface area contributed by atoms with Crippen LogP contribution in [0.15, 0.2) is 42.5 Å². The van der Waals surface area contributed by atoms with Crippen LogP contribution in [0, 0.1) is 0 Å². The predicted molar refractivity (Wildman–Crippen MR) is 70.6 cm³/mol. The first kappa shape index (κ1) is 17.6. The summed E-state index contributed by atoms with van der Waals surface area (Å²) in [4.78, 5) is 10.8. The fraction of sp³-hybridized carbons (Fsp3) is 0.133. The number of rotatable bonds is 4. The molecule has 0 saturated carbocycles. The van der Waals surface area contributed by atoms with E-state index in [4.69, 9.17) is 0 Å². The topological polar surface area (TPSA) is 35.5 Å². The van der Waals surface area contributed by atoms with Crippen molar-refractivity contribution in [1.82, 2.24) is 0 Å². The van der Waals surface area contributed by atoms with Gasteiger partial charge in [-0.25, -0.2) is 0 Å². The van der Waals surface area contributed by atoms with Crippen LogP contribution in [0.2, 0.25) is 0 Å². The molecule has 128 valence electrons. The average Bonchev–Trinajstić information content (AvgIpc) is 2.45. The highest BCUT2D eigenvalue weighted by Crippen LogP contribution is 2.40. The maximum atomic E-state index is 12.5. The van der Waals surface area contributed by atoms with E-state index in [1.807, 2.05) is 0 Å². The molecule has 0 N–H and O–H groups in total. The molecule has 0 heterocycles. The third kappa shape index (κ3) is 4.64. The molecule has 2 aromatic rings. The second-order valence-electron chi connectivity index (χ2n) is 4.47. The van der Waals surface area contributed by atoms with Gasteiger partial charge in [-0.05, 0) is 24.3 Å². The second-order valence-corrected chi connectivity index (χ2v) is 4.47. The van der Waals surface area contributed by atoms with Gasteiger partial charge in [0, 0.05) is 16.7 Å². The zero-order valence-corrected chi connectivity index (χ0v) is 11.6. The zero-order valence-electron chi connectivity index (χ0n) is 11.6. The van der Waals surface area contributed by atoms with Crippen molar-refractivity contribution in [2.75, 3.05) is 0 Å². The van der Waals surface area contributed by atoms with E-state index in [2.05, 4.69) is 9.47 Å². The Kier molecular flexibility index (Phi) is 4.72. The number of para-hydroxylation sites is 1. The molecule has 9 heteroatoms. The standard InChI is InChI=1S/C15H8F6O3/c16-14(17,18)23-12-4-2-1-3-10(12)11-7-9(8-22)5-6-13(11)24-15(19,20)21/h1-8H. The van der Waals surface area contributed by atoms with E-state index in [-0.39, 0.29) is 16.7 Å². The second kappa shape index (κ2) is 6.42. The number of aldehydes is 1. The number of halogens is 6. The number of carbonyl (C=O) groups is 1. The fourth-order valence-electron chi connectivity index (χ4n) is 1.95. The first-order valence-electron chi connectivity index (χ1n) is 6.29. The molecular weight excluding hydrogens is 342 g/mol. The lowest BCUT2D eigenvalue weighted by atomic mass is 10.0. The Morgan fingerprint density at radius 2 is 1.29 bits per heavy atom. The molecule has 0 fully saturated rings. The van der Waals surface area contributed by atoms with Crippen molar-refractivity contribution in [3.8, 4) is 22.6 Å². The summed E-state index contributed by atoms with van der Waals surface area (Å²) < 4.78 is 82.5. The summed E-state index contributed by atoms with van der Waals surface area (Å²) >= 11 is 0. The Bertz CT molecular complexity index is 737. The molecule has 0 aliphatic carbocycles. The van der Waals surface area contributed by atoms with Crippen molar-refractivity contribution in [3.63, 3.8) is 0 Å². The van der Waals surface area contributed by atoms with Crippen molar-refractivity contribution in [1.29, 1.82) is 0 Å². The third-order valence-corrected chi connectivity index (χ3v) is 2.77. The minimum atomic E-state index is -5.06. The third-order valence-electron chi connectivity index (χ3n) is 2.77. The first-order valence-corrected chi connectivity index (χ1v) is 6.29. The van der Waals surface area contributed by atoms with Crippen LogP contribution in [0.4, 0.5) is 26.3 Å². The minimum Gasteiger partial charge on any atom is -0.405 e. The average molecular weight is 350 g/mol. The molecule has 0 aliphatic heterocycles. The molecule has 0 radical (unpaired) electrons. The Hall–Kier alpha value is -2.71. The van der Waals surface area contributed by atoms with Crippen LogP contribution in [0.25, 0.3) is 11.1 Å². The normalized spacial score (nSPS) is 11.9. The molecule has 0 saturated heterocycles. The summed E-state index contributed by atoms with van der Waals surface area (Å²) in [5.41, 5.74) is -0.712. The van der Waals surface area contributed by atoms with Crippen molar-refractivity contribution < 1.29 is 40.6 Å². The lowest BCUT2D eigenvalue weighted by Crippen LogP contribution is -2.19. The first-order chi connectivity index (χ1) is 11.1. The van der Waals surface area contributed by atoms with Gasteiger partial charge >= 0.3 is 12.7 Å². The van der Waals surface area contributed by atoms with E-state index < -0.39 is 24.2 Å². The Balaban J connectivity index is 2.60. The van der Waals surface area contributed by atoms with Crippen molar-refractivity contribution in [2.45, 2.75) is 12.7 Å². The molecule has 0 amide bonds. The lowest BCUT2D eigenvalue weighted by molar-refractivity contribution is -0.276. The minimum absolute atomic E-state index is 0.0404. The number of alkyl halides is 6. The van der Waals surface area contributed by atoms with Gasteiger partial charge in [0.05, 0.1) is 0 Å². The van der Waals surface area contributed by atoms with E-state index in [9.17, 15) is 31.1 Å². The monoisotopic (exact) mass is 350 g/mol. The SMILES string of the molecule is O=Cc1ccc(OC(F)(F)F)c(-c2ccccc2OC(F)(F)F)c1. The van der Waals surface area contributed by atoms with Crippen LogP contribution < -0.4 is 9.47 Å². The predicted octanol–water partition coefficient (Wildman–Crippen LogP) is 4.96. The maximum Gasteiger partial charge on any atom is 0.573 e. The van der Waals surface area contributed by atoms with Crippen molar-refractivity contribution >= 4 is 6.29 Å². The van der Waals surface area contributed by atoms with Gasteiger partial charge in [-0.1, -0.05) is 18.2 Å². The number of ether oxygens (including phenoxy) is 2. The molecule has 0 aromatic heterocycles. The maximum absolute atomic E-state index is 12.5. The molecule has 3 nitrogen and oxygen atoms in total. The highest BCUT2D eigenvalue weighted by Gasteiger charge is 2.34. The summed E-state index contributed by atoms with van der Waals surface area (Å²) in [6, 6.07) is 7.46. The summed E-state index contributed by atoms with van der Waals surface area (Å²) in [5, 5.41) is 0. The smallest absolute Gasteiger partial charge is 0.405 e. The molecule has 0 bridgehead atoms. The molecule has 0 aliphatic rings. The van der Waals surface area contributed by atoms with Crippen LogP contribution in [0.5, 0.6) is 11.5 Å². The Morgan fingerprint density at radius 3 is 1.83 bits per heavy atom. The van der Waals surface area contributed by atoms with Crippen LogP contribution >= 0.6 is 0 Å². The van der Waals surface area contributed by atoms with Gasteiger partial charge in [-0.3, -0.25) is 4.79 Å². The molecule has 0 unspecified atom stereocenters. The van der Waals surface area contributed by atoms with E-state index in [1.54, 1.807) is 0 Å². The summed E-state index contributed by atoms with van der Waals surface area (Å²) in [5.74, 6) is -1.48. The number of carbonyl (C=O) groups excluding carboxylic acids is 1. The Morgan fingerprint density at radius 1 is 0.750 bits per heavy atom. The van der Waals surface area contributed by atoms with E-state index >= 15 is 0 Å². The van der Waals surface area contributed by atoms with E-state index in [0.717, 1.165) is 30.3 Å². The molecule has 2 aromatic carbocycles. The zero-order chi connectivity index (χ0) is 18.0. The van der Waals surface area contributed by atoms with Gasteiger partial charge in [-0.2, -0.15) is 0 Å². The largest absolute Gasteiger partial charge is 0.573 e. The van der Waals surface area contributed by atoms with Gasteiger partial charge in [0.25, 0.3) is 0 Å². The van der Waals surface area contributed by atoms with Gasteiger partial charge in [0.1, 0.15) is 17.8 Å². The number of hydrogen-bond acceptors (Lipinski definition) is 3. The number of hydrogen-bond donors (Lipinski definition) is 0. The fourth-order valence-corrected chi connectivity index (χ4v) is 1.95. The van der Waals surface area contributed by atoms with Crippen LogP contribution in [-0.2, 0) is 0 Å². The highest BCUT2D eigenvalue weighted by molar-refractivity contribution is 5.83. The van der Waals surface area contributed by atoms with Gasteiger partial charge in [0.15, 0.2) is 0 Å². The molecule has 0 spiro atoms. The van der Waals surface area contributed by atoms with Crippen LogP contribution in [0.3, 0.4) is 0 Å². The van der Waals surface area contributed by atoms with Gasteiger partial charge in [-0.15, -0.1) is 26.3 Å². The van der Waals surface area contributed by atoms with E-state index in [1.165, 1.54) is 12.1 Å². The van der Waals surface area contributed by atoms with Gasteiger partial charge < -0.3 is 9.47 Å². The molecule has 2 rings (SSSR count). The van der Waals surface area contributed by atoms with E-state index in [0.29, 0.717) is 6.29 Å². The Labute approximate surface area is 131 Å². The lowest BCUT2D eigenvalue weighted by Gasteiger charge is -2.17. The molecular formula is C15H8F6O3. The molecule has 0 atom stereocenters. The molecule has 24 heavy (non-hydrogen) atoms. The summed E-state index contributed by atoms with van der Waals surface area (Å²) in [6.45, 7) is 0. The summed E-state index contributed by atoms with van der Waals surface area (Å²) in [7, 11) is 0. The summed E-state index contributed by atoms with van der Waals surface area (Å²) in [6.07, 6.45) is -9.76. The van der Waals surface area contributed by atoms with Crippen molar-refractivity contribution in [2.24, 2.45) is 0 Å². The quantitative estimate of drug-likeness (QED) is 0.577. The number of benzene rings is 2. The highest BCUT2D eigenvalue weighted by atomic mass is 19.4. The van der Waals surface area contributed by atoms with Crippen LogP contribution in [0.1, 0.15) is 10.4 Å². The van der Waals surface area contributed by atoms with Crippen molar-refractivity contribution in [3.05, 3.63) is 48.0 Å². The van der Waals surface area contributed by atoms with Gasteiger partial charge in [0.2, 0.25) is 0 Å².